The number of rotatable bonds is 4. The van der Waals surface area contributed by atoms with Crippen LogP contribution in [0.4, 0.5) is 13.2 Å². The number of nitrogens with zero attached hydrogens (tertiary/aromatic N) is 2. The lowest BCUT2D eigenvalue weighted by atomic mass is 10.1. The van der Waals surface area contributed by atoms with Gasteiger partial charge in [-0.15, -0.1) is 13.2 Å². The summed E-state index contributed by atoms with van der Waals surface area (Å²) in [6, 6.07) is 5.88. The third-order valence-electron chi connectivity index (χ3n) is 3.81. The molecule has 1 fully saturated rings. The molecule has 0 unspecified atom stereocenters. The van der Waals surface area contributed by atoms with Crippen molar-refractivity contribution in [3.63, 3.8) is 0 Å². The standard InChI is InChI=1S/C15H16F3N3O2.2C2H4O2/c16-15(17,18)23-13-3-1-2-10(6-13)14-19-4-5-21(14)12-7-11(9-22)20-8-12;2*1-2(3)4/h1-6,11-12,20,22H,7-9H2;2*1H3,(H,3,4)/t11-,12-;;/m0../s1. The van der Waals surface area contributed by atoms with Gasteiger partial charge < -0.3 is 29.9 Å². The first-order valence-corrected chi connectivity index (χ1v) is 9.05. The van der Waals surface area contributed by atoms with Gasteiger partial charge in [0.1, 0.15) is 11.6 Å². The number of aromatic nitrogens is 2. The van der Waals surface area contributed by atoms with E-state index in [1.54, 1.807) is 18.5 Å². The molecule has 0 amide bonds. The van der Waals surface area contributed by atoms with E-state index in [4.69, 9.17) is 19.8 Å². The lowest BCUT2D eigenvalue weighted by molar-refractivity contribution is -0.274. The highest BCUT2D eigenvalue weighted by atomic mass is 19.4. The Kier molecular flexibility index (Phi) is 9.96. The number of carboxylic acids is 2. The molecule has 2 atom stereocenters. The van der Waals surface area contributed by atoms with Gasteiger partial charge in [0.15, 0.2) is 0 Å². The van der Waals surface area contributed by atoms with Gasteiger partial charge in [-0.1, -0.05) is 12.1 Å². The minimum atomic E-state index is -4.72. The average molecular weight is 447 g/mol. The number of benzene rings is 1. The Morgan fingerprint density at radius 3 is 2.39 bits per heavy atom. The van der Waals surface area contributed by atoms with Gasteiger partial charge in [0.05, 0.1) is 6.61 Å². The number of ether oxygens (including phenoxy) is 1. The Labute approximate surface area is 176 Å². The molecule has 1 saturated heterocycles. The van der Waals surface area contributed by atoms with Crippen molar-refractivity contribution in [2.75, 3.05) is 13.2 Å². The second kappa shape index (κ2) is 11.9. The molecule has 1 aromatic heterocycles. The zero-order valence-corrected chi connectivity index (χ0v) is 16.8. The van der Waals surface area contributed by atoms with Crippen molar-refractivity contribution in [3.8, 4) is 17.1 Å². The van der Waals surface area contributed by atoms with E-state index in [2.05, 4.69) is 15.0 Å². The van der Waals surface area contributed by atoms with Crippen LogP contribution in [-0.4, -0.2) is 62.4 Å². The summed E-state index contributed by atoms with van der Waals surface area (Å²) in [5.74, 6) is -1.37. The van der Waals surface area contributed by atoms with Crippen molar-refractivity contribution in [1.29, 1.82) is 0 Å². The highest BCUT2D eigenvalue weighted by Crippen LogP contribution is 2.30. The Bertz CT molecular complexity index is 836. The number of hydrogen-bond acceptors (Lipinski definition) is 6. The zero-order valence-electron chi connectivity index (χ0n) is 16.8. The first-order valence-electron chi connectivity index (χ1n) is 9.05. The number of aliphatic carboxylic acids is 2. The monoisotopic (exact) mass is 447 g/mol. The second-order valence-corrected chi connectivity index (χ2v) is 6.45. The number of carboxylic acid groups (broad SMARTS) is 2. The molecule has 2 aromatic rings. The van der Waals surface area contributed by atoms with Gasteiger partial charge in [0.2, 0.25) is 0 Å². The van der Waals surface area contributed by atoms with E-state index in [0.29, 0.717) is 17.9 Å². The molecule has 0 bridgehead atoms. The van der Waals surface area contributed by atoms with Gasteiger partial charge in [0.25, 0.3) is 11.9 Å². The molecule has 1 aliphatic heterocycles. The zero-order chi connectivity index (χ0) is 23.6. The summed E-state index contributed by atoms with van der Waals surface area (Å²) in [7, 11) is 0. The first kappa shape index (κ1) is 25.9. The van der Waals surface area contributed by atoms with Gasteiger partial charge in [-0.25, -0.2) is 4.98 Å². The first-order chi connectivity index (χ1) is 14.4. The number of halogens is 3. The topological polar surface area (TPSA) is 134 Å². The van der Waals surface area contributed by atoms with E-state index in [-0.39, 0.29) is 24.4 Å². The van der Waals surface area contributed by atoms with Crippen LogP contribution < -0.4 is 10.1 Å². The predicted octanol–water partition coefficient (Wildman–Crippen LogP) is 2.53. The number of nitrogens with one attached hydrogen (secondary N) is 1. The van der Waals surface area contributed by atoms with Crippen LogP contribution in [0.3, 0.4) is 0 Å². The van der Waals surface area contributed by atoms with Gasteiger partial charge in [-0.3, -0.25) is 9.59 Å². The number of imidazole rings is 1. The molecular weight excluding hydrogens is 423 g/mol. The van der Waals surface area contributed by atoms with Crippen molar-refractivity contribution in [1.82, 2.24) is 14.9 Å². The van der Waals surface area contributed by atoms with Crippen LogP contribution in [0.25, 0.3) is 11.4 Å². The minimum Gasteiger partial charge on any atom is -0.481 e. The van der Waals surface area contributed by atoms with Gasteiger partial charge in [-0.05, 0) is 18.6 Å². The molecule has 0 aliphatic carbocycles. The van der Waals surface area contributed by atoms with E-state index in [1.807, 2.05) is 4.57 Å². The lowest BCUT2D eigenvalue weighted by Gasteiger charge is -2.15. The van der Waals surface area contributed by atoms with E-state index >= 15 is 0 Å². The summed E-state index contributed by atoms with van der Waals surface area (Å²) in [6.45, 7) is 2.89. The van der Waals surface area contributed by atoms with Crippen molar-refractivity contribution < 1.29 is 42.8 Å². The Balaban J connectivity index is 0.000000519. The number of alkyl halides is 3. The van der Waals surface area contributed by atoms with E-state index in [0.717, 1.165) is 20.3 Å². The van der Waals surface area contributed by atoms with Crippen LogP contribution in [0.15, 0.2) is 36.7 Å². The van der Waals surface area contributed by atoms with Crippen LogP contribution in [0, 0.1) is 0 Å². The van der Waals surface area contributed by atoms with Crippen molar-refractivity contribution in [2.24, 2.45) is 0 Å². The summed E-state index contributed by atoms with van der Waals surface area (Å²) in [5.41, 5.74) is 0.546. The third-order valence-corrected chi connectivity index (χ3v) is 3.81. The maximum Gasteiger partial charge on any atom is 0.573 e. The molecular formula is C19H24F3N3O6. The molecule has 9 nitrogen and oxygen atoms in total. The molecule has 1 aliphatic rings. The molecule has 12 heteroatoms. The maximum atomic E-state index is 12.3. The Morgan fingerprint density at radius 1 is 1.26 bits per heavy atom. The summed E-state index contributed by atoms with van der Waals surface area (Å²) >= 11 is 0. The fourth-order valence-corrected chi connectivity index (χ4v) is 2.81. The summed E-state index contributed by atoms with van der Waals surface area (Å²) < 4.78 is 42.9. The van der Waals surface area contributed by atoms with Crippen LogP contribution in [0.1, 0.15) is 26.3 Å². The molecule has 31 heavy (non-hydrogen) atoms. The van der Waals surface area contributed by atoms with Crippen LogP contribution in [-0.2, 0) is 9.59 Å². The van der Waals surface area contributed by atoms with Gasteiger partial charge in [0, 0.05) is 50.4 Å². The molecule has 172 valence electrons. The fourth-order valence-electron chi connectivity index (χ4n) is 2.81. The van der Waals surface area contributed by atoms with Gasteiger partial charge >= 0.3 is 6.36 Å². The minimum absolute atomic E-state index is 0.0233. The molecule has 4 N–H and O–H groups in total. The predicted molar refractivity (Wildman–Crippen MR) is 103 cm³/mol. The van der Waals surface area contributed by atoms with Crippen LogP contribution in [0.5, 0.6) is 5.75 Å². The SMILES string of the molecule is CC(=O)O.CC(=O)O.OC[C@@H]1C[C@H](n2ccnc2-c2cccc(OC(F)(F)F)c2)CN1. The van der Waals surface area contributed by atoms with Crippen molar-refractivity contribution >= 4 is 11.9 Å². The molecule has 3 rings (SSSR count). The van der Waals surface area contributed by atoms with E-state index < -0.39 is 18.3 Å². The Morgan fingerprint density at radius 2 is 1.87 bits per heavy atom. The summed E-state index contributed by atoms with van der Waals surface area (Å²) in [5, 5.41) is 27.2. The van der Waals surface area contributed by atoms with E-state index in [9.17, 15) is 18.3 Å². The largest absolute Gasteiger partial charge is 0.573 e. The number of carbonyl (C=O) groups is 2. The molecule has 0 spiro atoms. The van der Waals surface area contributed by atoms with Crippen LogP contribution >= 0.6 is 0 Å². The second-order valence-electron chi connectivity index (χ2n) is 6.45. The average Bonchev–Trinajstić information content (AvgIpc) is 3.28. The Hall–Kier alpha value is -3.12. The normalized spacial score (nSPS) is 17.6. The fraction of sp³-hybridized carbons (Fsp3) is 0.421. The summed E-state index contributed by atoms with van der Waals surface area (Å²) in [4.78, 5) is 22.3. The highest BCUT2D eigenvalue weighted by Gasteiger charge is 2.31. The quantitative estimate of drug-likeness (QED) is 0.562. The summed E-state index contributed by atoms with van der Waals surface area (Å²) in [6.07, 6.45) is -0.589. The third kappa shape index (κ3) is 9.96. The number of aliphatic hydroxyl groups is 1. The number of hydrogen-bond donors (Lipinski definition) is 4. The maximum absolute atomic E-state index is 12.3. The van der Waals surface area contributed by atoms with Crippen molar-refractivity contribution in [2.45, 2.75) is 38.7 Å². The van der Waals surface area contributed by atoms with Crippen LogP contribution in [0.2, 0.25) is 0 Å². The lowest BCUT2D eigenvalue weighted by Crippen LogP contribution is -2.24. The molecule has 2 heterocycles. The van der Waals surface area contributed by atoms with Gasteiger partial charge in [-0.2, -0.15) is 0 Å². The van der Waals surface area contributed by atoms with Crippen molar-refractivity contribution in [3.05, 3.63) is 36.7 Å². The number of aliphatic hydroxyl groups excluding tert-OH is 1. The smallest absolute Gasteiger partial charge is 0.481 e. The molecule has 0 saturated carbocycles. The van der Waals surface area contributed by atoms with E-state index in [1.165, 1.54) is 18.2 Å². The highest BCUT2D eigenvalue weighted by molar-refractivity contribution is 5.63. The molecule has 1 aromatic carbocycles. The molecule has 0 radical (unpaired) electrons.